The molecule has 1 aliphatic heterocycles. The minimum atomic E-state index is 0.0802. The average Bonchev–Trinajstić information content (AvgIpc) is 2.44. The molecule has 1 rings (SSSR count). The van der Waals surface area contributed by atoms with Gasteiger partial charge in [0.1, 0.15) is 4.32 Å². The van der Waals surface area contributed by atoms with Crippen LogP contribution in [0.5, 0.6) is 0 Å². The molecule has 2 amide bonds. The van der Waals surface area contributed by atoms with Gasteiger partial charge in [-0.2, -0.15) is 0 Å². The number of carbonyl (C=O) groups is 2. The molecule has 2 N–H and O–H groups in total. The van der Waals surface area contributed by atoms with E-state index in [0.717, 1.165) is 17.4 Å². The van der Waals surface area contributed by atoms with Gasteiger partial charge >= 0.3 is 0 Å². The zero-order chi connectivity index (χ0) is 16.7. The van der Waals surface area contributed by atoms with Gasteiger partial charge in [-0.15, -0.1) is 0 Å². The summed E-state index contributed by atoms with van der Waals surface area (Å²) < 4.78 is 0.725. The summed E-state index contributed by atoms with van der Waals surface area (Å²) in [4.78, 5) is 28.8. The fourth-order valence-corrected chi connectivity index (χ4v) is 3.06. The SMILES string of the molecule is CC(C)NC(=O)C[NH+]1CCN(C(=O)CSC(=S)N(C)C)CC1. The lowest BCUT2D eigenvalue weighted by Crippen LogP contribution is -3.16. The summed E-state index contributed by atoms with van der Waals surface area (Å²) in [5, 5.41) is 2.90. The number of hydrogen-bond acceptors (Lipinski definition) is 4. The maximum absolute atomic E-state index is 12.1. The maximum Gasteiger partial charge on any atom is 0.275 e. The summed E-state index contributed by atoms with van der Waals surface area (Å²) in [7, 11) is 3.76. The molecule has 0 bridgehead atoms. The number of amides is 2. The van der Waals surface area contributed by atoms with Crippen molar-refractivity contribution in [2.75, 3.05) is 52.6 Å². The molecule has 0 aromatic heterocycles. The van der Waals surface area contributed by atoms with Crippen molar-refractivity contribution >= 4 is 40.1 Å². The average molecular weight is 348 g/mol. The molecule has 8 heteroatoms. The van der Waals surface area contributed by atoms with Crippen LogP contribution in [0.1, 0.15) is 13.8 Å². The number of hydrogen-bond donors (Lipinski definition) is 2. The first kappa shape index (κ1) is 19.2. The molecule has 1 heterocycles. The zero-order valence-corrected chi connectivity index (χ0v) is 15.5. The lowest BCUT2D eigenvalue weighted by atomic mass is 10.3. The lowest BCUT2D eigenvalue weighted by Gasteiger charge is -2.32. The third-order valence-corrected chi connectivity index (χ3v) is 5.09. The Balaban J connectivity index is 2.28. The van der Waals surface area contributed by atoms with E-state index in [1.807, 2.05) is 37.7 Å². The minimum Gasteiger partial charge on any atom is -0.364 e. The highest BCUT2D eigenvalue weighted by molar-refractivity contribution is 8.23. The van der Waals surface area contributed by atoms with E-state index in [2.05, 4.69) is 5.32 Å². The van der Waals surface area contributed by atoms with Crippen LogP contribution in [0.15, 0.2) is 0 Å². The molecule has 0 radical (unpaired) electrons. The number of thioether (sulfide) groups is 1. The maximum atomic E-state index is 12.1. The molecular weight excluding hydrogens is 320 g/mol. The van der Waals surface area contributed by atoms with Crippen molar-refractivity contribution in [3.8, 4) is 0 Å². The number of rotatable bonds is 5. The van der Waals surface area contributed by atoms with Gasteiger partial charge in [0.25, 0.3) is 5.91 Å². The highest BCUT2D eigenvalue weighted by Gasteiger charge is 2.25. The topological polar surface area (TPSA) is 57.1 Å². The van der Waals surface area contributed by atoms with Crippen LogP contribution in [0, 0.1) is 0 Å². The van der Waals surface area contributed by atoms with Gasteiger partial charge in [0.2, 0.25) is 5.91 Å². The predicted octanol–water partition coefficient (Wildman–Crippen LogP) is -1.18. The van der Waals surface area contributed by atoms with Crippen molar-refractivity contribution in [2.24, 2.45) is 0 Å². The van der Waals surface area contributed by atoms with Gasteiger partial charge in [0.05, 0.1) is 31.9 Å². The van der Waals surface area contributed by atoms with E-state index in [1.54, 1.807) is 0 Å². The number of piperazine rings is 1. The van der Waals surface area contributed by atoms with Gasteiger partial charge in [-0.05, 0) is 13.8 Å². The molecule has 0 aromatic rings. The molecule has 0 aliphatic carbocycles. The molecule has 1 fully saturated rings. The summed E-state index contributed by atoms with van der Waals surface area (Å²) in [6, 6.07) is 0.173. The first-order valence-corrected chi connectivity index (χ1v) is 8.93. The smallest absolute Gasteiger partial charge is 0.275 e. The van der Waals surface area contributed by atoms with Crippen molar-refractivity contribution in [1.29, 1.82) is 0 Å². The highest BCUT2D eigenvalue weighted by Crippen LogP contribution is 2.08. The summed E-state index contributed by atoms with van der Waals surface area (Å²) in [5.41, 5.74) is 0. The summed E-state index contributed by atoms with van der Waals surface area (Å²) in [5.74, 6) is 0.594. The van der Waals surface area contributed by atoms with Crippen LogP contribution >= 0.6 is 24.0 Å². The van der Waals surface area contributed by atoms with Crippen molar-refractivity contribution in [2.45, 2.75) is 19.9 Å². The van der Waals surface area contributed by atoms with E-state index in [-0.39, 0.29) is 17.9 Å². The van der Waals surface area contributed by atoms with Gasteiger partial charge in [-0.3, -0.25) is 9.59 Å². The van der Waals surface area contributed by atoms with Crippen LogP contribution in [0.2, 0.25) is 0 Å². The Labute approximate surface area is 142 Å². The van der Waals surface area contributed by atoms with Crippen molar-refractivity contribution in [1.82, 2.24) is 15.1 Å². The van der Waals surface area contributed by atoms with Crippen molar-refractivity contribution in [3.05, 3.63) is 0 Å². The highest BCUT2D eigenvalue weighted by atomic mass is 32.2. The van der Waals surface area contributed by atoms with Crippen LogP contribution < -0.4 is 10.2 Å². The summed E-state index contributed by atoms with van der Waals surface area (Å²) >= 11 is 6.57. The molecule has 0 aromatic carbocycles. The Bertz CT molecular complexity index is 408. The molecule has 0 unspecified atom stereocenters. The fourth-order valence-electron chi connectivity index (χ4n) is 2.19. The lowest BCUT2D eigenvalue weighted by molar-refractivity contribution is -0.896. The monoisotopic (exact) mass is 347 g/mol. The van der Waals surface area contributed by atoms with E-state index in [4.69, 9.17) is 12.2 Å². The van der Waals surface area contributed by atoms with E-state index in [1.165, 1.54) is 16.7 Å². The second-order valence-electron chi connectivity index (χ2n) is 5.98. The Morgan fingerprint density at radius 3 is 2.41 bits per heavy atom. The molecule has 1 aliphatic rings. The van der Waals surface area contributed by atoms with Crippen molar-refractivity contribution in [3.63, 3.8) is 0 Å². The molecule has 126 valence electrons. The summed E-state index contributed by atoms with van der Waals surface area (Å²) in [6.45, 7) is 7.45. The minimum absolute atomic E-state index is 0.0802. The van der Waals surface area contributed by atoms with Gasteiger partial charge in [0.15, 0.2) is 6.54 Å². The Kier molecular flexibility index (Phi) is 8.13. The first-order valence-electron chi connectivity index (χ1n) is 7.54. The van der Waals surface area contributed by atoms with Gasteiger partial charge in [-0.1, -0.05) is 24.0 Å². The number of thiocarbonyl (C=S) groups is 1. The Morgan fingerprint density at radius 2 is 1.91 bits per heavy atom. The molecule has 0 atom stereocenters. The van der Waals surface area contributed by atoms with Gasteiger partial charge in [-0.25, -0.2) is 0 Å². The van der Waals surface area contributed by atoms with Crippen LogP contribution in [-0.4, -0.2) is 84.5 Å². The fraction of sp³-hybridized carbons (Fsp3) is 0.786. The van der Waals surface area contributed by atoms with E-state index in [9.17, 15) is 9.59 Å². The molecule has 0 spiro atoms. The molecule has 1 saturated heterocycles. The van der Waals surface area contributed by atoms with Gasteiger partial charge in [0, 0.05) is 20.1 Å². The van der Waals surface area contributed by atoms with Crippen LogP contribution in [-0.2, 0) is 9.59 Å². The standard InChI is InChI=1S/C14H26N4O2S2/c1-11(2)15-12(19)9-17-5-7-18(8-6-17)13(20)10-22-14(21)16(3)4/h11H,5-10H2,1-4H3,(H,15,19)/p+1. The van der Waals surface area contributed by atoms with E-state index in [0.29, 0.717) is 25.4 Å². The zero-order valence-electron chi connectivity index (χ0n) is 13.8. The third-order valence-electron chi connectivity index (χ3n) is 3.37. The third kappa shape index (κ3) is 6.93. The number of nitrogens with zero attached hydrogens (tertiary/aromatic N) is 2. The second-order valence-corrected chi connectivity index (χ2v) is 7.59. The molecule has 22 heavy (non-hydrogen) atoms. The van der Waals surface area contributed by atoms with Crippen LogP contribution in [0.3, 0.4) is 0 Å². The Morgan fingerprint density at radius 1 is 1.32 bits per heavy atom. The summed E-state index contributed by atoms with van der Waals surface area (Å²) in [6.07, 6.45) is 0. The van der Waals surface area contributed by atoms with Crippen molar-refractivity contribution < 1.29 is 14.5 Å². The van der Waals surface area contributed by atoms with Crippen LogP contribution in [0.25, 0.3) is 0 Å². The normalized spacial score (nSPS) is 15.8. The predicted molar refractivity (Wildman–Crippen MR) is 94.2 cm³/mol. The Hall–Kier alpha value is -0.860. The van der Waals surface area contributed by atoms with Crippen LogP contribution in [0.4, 0.5) is 0 Å². The molecule has 0 saturated carbocycles. The molecular formula is C14H27N4O2S2+. The van der Waals surface area contributed by atoms with E-state index < -0.39 is 0 Å². The first-order chi connectivity index (χ1) is 10.3. The largest absolute Gasteiger partial charge is 0.364 e. The number of quaternary nitrogens is 1. The van der Waals surface area contributed by atoms with Gasteiger partial charge < -0.3 is 20.0 Å². The number of carbonyl (C=O) groups excluding carboxylic acids is 2. The second kappa shape index (κ2) is 9.32. The molecule has 6 nitrogen and oxygen atoms in total. The number of nitrogens with one attached hydrogen (secondary N) is 2. The van der Waals surface area contributed by atoms with E-state index >= 15 is 0 Å². The quantitative estimate of drug-likeness (QED) is 0.613.